The molecule has 0 amide bonds. The van der Waals surface area contributed by atoms with E-state index in [1.54, 1.807) is 11.3 Å². The van der Waals surface area contributed by atoms with Crippen LogP contribution < -0.4 is 10.9 Å². The summed E-state index contributed by atoms with van der Waals surface area (Å²) in [5.41, 5.74) is 1.99. The Bertz CT molecular complexity index is 629. The summed E-state index contributed by atoms with van der Waals surface area (Å²) in [5.74, 6) is 0. The molecule has 0 saturated heterocycles. The molecule has 2 aromatic rings. The summed E-state index contributed by atoms with van der Waals surface area (Å²) in [4.78, 5) is 14.0. The SMILES string of the molecule is CCC(C)n1c(-c2cccs2)ccc(CNC(C)C)c1=O. The third kappa shape index (κ3) is 3.63. The molecule has 1 N–H and O–H groups in total. The van der Waals surface area contributed by atoms with Crippen molar-refractivity contribution < 1.29 is 0 Å². The van der Waals surface area contributed by atoms with Crippen LogP contribution in [0.1, 0.15) is 45.7 Å². The number of hydrogen-bond donors (Lipinski definition) is 1. The summed E-state index contributed by atoms with van der Waals surface area (Å²) in [6.07, 6.45) is 0.944. The van der Waals surface area contributed by atoms with Crippen LogP contribution in [0.3, 0.4) is 0 Å². The van der Waals surface area contributed by atoms with E-state index in [1.165, 1.54) is 0 Å². The summed E-state index contributed by atoms with van der Waals surface area (Å²) < 4.78 is 1.95. The van der Waals surface area contributed by atoms with Crippen molar-refractivity contribution in [2.24, 2.45) is 0 Å². The predicted molar refractivity (Wildman–Crippen MR) is 91.0 cm³/mol. The van der Waals surface area contributed by atoms with Gasteiger partial charge < -0.3 is 9.88 Å². The summed E-state index contributed by atoms with van der Waals surface area (Å²) in [5, 5.41) is 5.38. The molecule has 2 heterocycles. The molecule has 0 aromatic carbocycles. The van der Waals surface area contributed by atoms with Crippen LogP contribution in [0.2, 0.25) is 0 Å². The highest BCUT2D eigenvalue weighted by atomic mass is 32.1. The Hall–Kier alpha value is -1.39. The Balaban J connectivity index is 2.48. The van der Waals surface area contributed by atoms with Gasteiger partial charge in [0.15, 0.2) is 0 Å². The second-order valence-electron chi connectivity index (χ2n) is 5.69. The monoisotopic (exact) mass is 304 g/mol. The van der Waals surface area contributed by atoms with Gasteiger partial charge in [0.05, 0.1) is 10.6 Å². The first-order chi connectivity index (χ1) is 10.0. The van der Waals surface area contributed by atoms with E-state index < -0.39 is 0 Å². The maximum absolute atomic E-state index is 12.8. The van der Waals surface area contributed by atoms with Crippen LogP contribution in [0.25, 0.3) is 10.6 Å². The van der Waals surface area contributed by atoms with Gasteiger partial charge >= 0.3 is 0 Å². The molecule has 1 atom stereocenters. The zero-order chi connectivity index (χ0) is 15.4. The Morgan fingerprint density at radius 3 is 2.57 bits per heavy atom. The molecule has 0 radical (unpaired) electrons. The Kier molecular flexibility index (Phi) is 5.37. The van der Waals surface area contributed by atoms with Crippen molar-refractivity contribution in [3.8, 4) is 10.6 Å². The van der Waals surface area contributed by atoms with E-state index in [1.807, 2.05) is 16.7 Å². The number of aromatic nitrogens is 1. The van der Waals surface area contributed by atoms with E-state index >= 15 is 0 Å². The van der Waals surface area contributed by atoms with Crippen molar-refractivity contribution >= 4 is 11.3 Å². The van der Waals surface area contributed by atoms with Crippen LogP contribution in [0.15, 0.2) is 34.4 Å². The third-order valence-electron chi connectivity index (χ3n) is 3.70. The predicted octanol–water partition coefficient (Wildman–Crippen LogP) is 4.05. The van der Waals surface area contributed by atoms with Gasteiger partial charge in [0.1, 0.15) is 0 Å². The van der Waals surface area contributed by atoms with E-state index in [0.29, 0.717) is 12.6 Å². The van der Waals surface area contributed by atoms with Gasteiger partial charge in [0.2, 0.25) is 0 Å². The smallest absolute Gasteiger partial charge is 0.255 e. The number of rotatable bonds is 6. The topological polar surface area (TPSA) is 34.0 Å². The Labute approximate surface area is 130 Å². The average molecular weight is 304 g/mol. The molecule has 4 heteroatoms. The lowest BCUT2D eigenvalue weighted by atomic mass is 10.1. The van der Waals surface area contributed by atoms with Crippen molar-refractivity contribution in [2.75, 3.05) is 0 Å². The second kappa shape index (κ2) is 7.05. The fraction of sp³-hybridized carbons (Fsp3) is 0.471. The van der Waals surface area contributed by atoms with Gasteiger partial charge in [-0.05, 0) is 30.9 Å². The molecular weight excluding hydrogens is 280 g/mol. The molecule has 2 rings (SSSR count). The van der Waals surface area contributed by atoms with Gasteiger partial charge in [-0.25, -0.2) is 0 Å². The van der Waals surface area contributed by atoms with E-state index in [4.69, 9.17) is 0 Å². The maximum atomic E-state index is 12.8. The molecule has 0 spiro atoms. The van der Waals surface area contributed by atoms with Crippen LogP contribution >= 0.6 is 11.3 Å². The maximum Gasteiger partial charge on any atom is 0.255 e. The molecule has 1 unspecified atom stereocenters. The van der Waals surface area contributed by atoms with Gasteiger partial charge in [-0.1, -0.05) is 32.9 Å². The van der Waals surface area contributed by atoms with E-state index in [0.717, 1.165) is 22.6 Å². The lowest BCUT2D eigenvalue weighted by Crippen LogP contribution is -2.31. The van der Waals surface area contributed by atoms with Crippen LogP contribution in [0.4, 0.5) is 0 Å². The largest absolute Gasteiger partial charge is 0.310 e. The summed E-state index contributed by atoms with van der Waals surface area (Å²) in [7, 11) is 0. The molecule has 0 aliphatic rings. The van der Waals surface area contributed by atoms with Gasteiger partial charge in [0, 0.05) is 24.2 Å². The van der Waals surface area contributed by atoms with Gasteiger partial charge in [-0.15, -0.1) is 11.3 Å². The van der Waals surface area contributed by atoms with Crippen LogP contribution in [-0.2, 0) is 6.54 Å². The van der Waals surface area contributed by atoms with Crippen molar-refractivity contribution in [1.82, 2.24) is 9.88 Å². The zero-order valence-electron chi connectivity index (χ0n) is 13.2. The molecule has 0 fully saturated rings. The van der Waals surface area contributed by atoms with E-state index in [2.05, 4.69) is 50.5 Å². The summed E-state index contributed by atoms with van der Waals surface area (Å²) >= 11 is 1.68. The average Bonchev–Trinajstić information content (AvgIpc) is 2.98. The molecule has 0 aliphatic carbocycles. The summed E-state index contributed by atoms with van der Waals surface area (Å²) in [6.45, 7) is 9.03. The van der Waals surface area contributed by atoms with Crippen LogP contribution in [0.5, 0.6) is 0 Å². The fourth-order valence-corrected chi connectivity index (χ4v) is 3.04. The molecule has 2 aromatic heterocycles. The molecule has 0 aliphatic heterocycles. The van der Waals surface area contributed by atoms with Gasteiger partial charge in [-0.2, -0.15) is 0 Å². The Morgan fingerprint density at radius 1 is 1.24 bits per heavy atom. The number of pyridine rings is 1. The second-order valence-corrected chi connectivity index (χ2v) is 6.64. The minimum atomic E-state index is 0.128. The molecule has 21 heavy (non-hydrogen) atoms. The third-order valence-corrected chi connectivity index (χ3v) is 4.59. The van der Waals surface area contributed by atoms with Crippen molar-refractivity contribution in [1.29, 1.82) is 0 Å². The minimum absolute atomic E-state index is 0.128. The lowest BCUT2D eigenvalue weighted by Gasteiger charge is -2.19. The Morgan fingerprint density at radius 2 is 2.00 bits per heavy atom. The molecule has 0 saturated carbocycles. The highest BCUT2D eigenvalue weighted by Crippen LogP contribution is 2.26. The van der Waals surface area contributed by atoms with Crippen LogP contribution in [-0.4, -0.2) is 10.6 Å². The zero-order valence-corrected chi connectivity index (χ0v) is 14.0. The first-order valence-electron chi connectivity index (χ1n) is 7.56. The lowest BCUT2D eigenvalue weighted by molar-refractivity contribution is 0.510. The van der Waals surface area contributed by atoms with Gasteiger partial charge in [0.25, 0.3) is 5.56 Å². The van der Waals surface area contributed by atoms with E-state index in [-0.39, 0.29) is 11.6 Å². The quantitative estimate of drug-likeness (QED) is 0.873. The first-order valence-corrected chi connectivity index (χ1v) is 8.44. The molecule has 0 bridgehead atoms. The molecule has 114 valence electrons. The highest BCUT2D eigenvalue weighted by Gasteiger charge is 2.15. The van der Waals surface area contributed by atoms with Crippen LogP contribution in [0, 0.1) is 0 Å². The highest BCUT2D eigenvalue weighted by molar-refractivity contribution is 7.13. The number of nitrogens with zero attached hydrogens (tertiary/aromatic N) is 1. The first kappa shape index (κ1) is 16.0. The van der Waals surface area contributed by atoms with Crippen molar-refractivity contribution in [3.05, 3.63) is 45.6 Å². The summed E-state index contributed by atoms with van der Waals surface area (Å²) in [6, 6.07) is 8.72. The fourth-order valence-electron chi connectivity index (χ4n) is 2.29. The minimum Gasteiger partial charge on any atom is -0.310 e. The van der Waals surface area contributed by atoms with E-state index in [9.17, 15) is 4.79 Å². The molecule has 3 nitrogen and oxygen atoms in total. The number of hydrogen-bond acceptors (Lipinski definition) is 3. The molecular formula is C17H24N2OS. The number of thiophene rings is 1. The number of nitrogens with one attached hydrogen (secondary N) is 1. The standard InChI is InChI=1S/C17H24N2OS/c1-5-13(4)19-15(16-7-6-10-21-16)9-8-14(17(19)20)11-18-12(2)3/h6-10,12-13,18H,5,11H2,1-4H3. The van der Waals surface area contributed by atoms with Crippen molar-refractivity contribution in [3.63, 3.8) is 0 Å². The van der Waals surface area contributed by atoms with Crippen molar-refractivity contribution in [2.45, 2.75) is 52.7 Å². The normalized spacial score (nSPS) is 12.8. The van der Waals surface area contributed by atoms with Gasteiger partial charge in [-0.3, -0.25) is 4.79 Å².